The number of anilines is 1. The fourth-order valence-electron chi connectivity index (χ4n) is 1.37. The predicted octanol–water partition coefficient (Wildman–Crippen LogP) is 0.984. The molecule has 3 N–H and O–H groups in total. The van der Waals surface area contributed by atoms with Crippen LogP contribution in [0.5, 0.6) is 0 Å². The minimum atomic E-state index is -0.236. The third-order valence-electron chi connectivity index (χ3n) is 2.29. The number of aliphatic hydroxyl groups excluding tert-OH is 1. The molecule has 0 fully saturated rings. The van der Waals surface area contributed by atoms with E-state index in [1.54, 1.807) is 13.2 Å². The average molecular weight is 317 g/mol. The number of amides is 1. The monoisotopic (exact) mass is 316 g/mol. The zero-order valence-corrected chi connectivity index (χ0v) is 11.7. The normalized spacial score (nSPS) is 12.2. The maximum absolute atomic E-state index is 11.7. The summed E-state index contributed by atoms with van der Waals surface area (Å²) in [5, 5.41) is 14.7. The number of rotatable bonds is 7. The van der Waals surface area contributed by atoms with Crippen molar-refractivity contribution in [2.75, 3.05) is 32.2 Å². The summed E-state index contributed by atoms with van der Waals surface area (Å²) in [6.07, 6.45) is 0. The Morgan fingerprint density at radius 3 is 2.83 bits per heavy atom. The van der Waals surface area contributed by atoms with Gasteiger partial charge < -0.3 is 20.5 Å². The number of ether oxygens (including phenoxy) is 1. The maximum atomic E-state index is 11.7. The molecule has 18 heavy (non-hydrogen) atoms. The highest BCUT2D eigenvalue weighted by atomic mass is 79.9. The van der Waals surface area contributed by atoms with E-state index in [-0.39, 0.29) is 25.1 Å². The van der Waals surface area contributed by atoms with Crippen LogP contribution in [0.3, 0.4) is 0 Å². The lowest BCUT2D eigenvalue weighted by molar-refractivity contribution is -0.115. The van der Waals surface area contributed by atoms with E-state index >= 15 is 0 Å². The zero-order chi connectivity index (χ0) is 13.4. The highest BCUT2D eigenvalue weighted by molar-refractivity contribution is 9.10. The van der Waals surface area contributed by atoms with Crippen molar-refractivity contribution in [2.45, 2.75) is 6.04 Å². The van der Waals surface area contributed by atoms with Crippen LogP contribution in [0.1, 0.15) is 0 Å². The van der Waals surface area contributed by atoms with Gasteiger partial charge in [0.05, 0.1) is 31.5 Å². The lowest BCUT2D eigenvalue weighted by atomic mass is 10.3. The third kappa shape index (κ3) is 5.14. The van der Waals surface area contributed by atoms with Crippen LogP contribution in [0.2, 0.25) is 0 Å². The molecule has 0 radical (unpaired) electrons. The molecule has 0 aromatic heterocycles. The standard InChI is InChI=1S/C12H17BrN2O3/c1-18-8-9(7-16)14-6-12(17)15-11-5-3-2-4-10(11)13/h2-5,9,14,16H,6-8H2,1H3,(H,15,17). The number of nitrogens with one attached hydrogen (secondary N) is 2. The molecule has 0 heterocycles. The third-order valence-corrected chi connectivity index (χ3v) is 2.98. The molecule has 1 amide bonds. The second-order valence-corrected chi connectivity index (χ2v) is 4.60. The van der Waals surface area contributed by atoms with Crippen molar-refractivity contribution in [1.82, 2.24) is 5.32 Å². The fourth-order valence-corrected chi connectivity index (χ4v) is 1.76. The molecule has 1 aromatic carbocycles. The summed E-state index contributed by atoms with van der Waals surface area (Å²) < 4.78 is 5.73. The second kappa shape index (κ2) is 8.20. The van der Waals surface area contributed by atoms with Gasteiger partial charge in [-0.3, -0.25) is 4.79 Å². The van der Waals surface area contributed by atoms with Crippen LogP contribution in [-0.2, 0) is 9.53 Å². The Morgan fingerprint density at radius 1 is 1.50 bits per heavy atom. The Morgan fingerprint density at radius 2 is 2.22 bits per heavy atom. The smallest absolute Gasteiger partial charge is 0.238 e. The second-order valence-electron chi connectivity index (χ2n) is 3.74. The van der Waals surface area contributed by atoms with Gasteiger partial charge in [-0.25, -0.2) is 0 Å². The van der Waals surface area contributed by atoms with E-state index in [0.717, 1.165) is 10.2 Å². The van der Waals surface area contributed by atoms with E-state index < -0.39 is 0 Å². The number of carbonyl (C=O) groups is 1. The lowest BCUT2D eigenvalue weighted by Gasteiger charge is -2.15. The molecular formula is C12H17BrN2O3. The van der Waals surface area contributed by atoms with Gasteiger partial charge in [0.25, 0.3) is 0 Å². The molecule has 0 bridgehead atoms. The minimum absolute atomic E-state index is 0.0733. The number of para-hydroxylation sites is 1. The summed E-state index contributed by atoms with van der Waals surface area (Å²) >= 11 is 3.35. The van der Waals surface area contributed by atoms with Gasteiger partial charge in [-0.2, -0.15) is 0 Å². The van der Waals surface area contributed by atoms with Crippen LogP contribution >= 0.6 is 15.9 Å². The van der Waals surface area contributed by atoms with Crippen molar-refractivity contribution in [2.24, 2.45) is 0 Å². The first-order valence-corrected chi connectivity index (χ1v) is 6.34. The van der Waals surface area contributed by atoms with E-state index in [0.29, 0.717) is 6.61 Å². The summed E-state index contributed by atoms with van der Waals surface area (Å²) in [5.74, 6) is -0.170. The summed E-state index contributed by atoms with van der Waals surface area (Å²) in [6.45, 7) is 0.408. The number of halogens is 1. The molecule has 0 aliphatic heterocycles. The number of carbonyl (C=O) groups excluding carboxylic acids is 1. The maximum Gasteiger partial charge on any atom is 0.238 e. The van der Waals surface area contributed by atoms with E-state index in [2.05, 4.69) is 26.6 Å². The number of aliphatic hydroxyl groups is 1. The molecule has 0 saturated carbocycles. The molecule has 0 saturated heterocycles. The van der Waals surface area contributed by atoms with Crippen molar-refractivity contribution in [3.05, 3.63) is 28.7 Å². The van der Waals surface area contributed by atoms with E-state index in [1.807, 2.05) is 18.2 Å². The van der Waals surface area contributed by atoms with Crippen LogP contribution < -0.4 is 10.6 Å². The molecular weight excluding hydrogens is 300 g/mol. The molecule has 1 unspecified atom stereocenters. The number of hydrogen-bond donors (Lipinski definition) is 3. The number of hydrogen-bond acceptors (Lipinski definition) is 4. The first-order chi connectivity index (χ1) is 8.67. The molecule has 1 aromatic rings. The first kappa shape index (κ1) is 15.1. The molecule has 1 atom stereocenters. The molecule has 100 valence electrons. The molecule has 5 nitrogen and oxygen atoms in total. The summed E-state index contributed by atoms with van der Waals surface area (Å²) in [5.41, 5.74) is 0.719. The summed E-state index contributed by atoms with van der Waals surface area (Å²) in [7, 11) is 1.55. The van der Waals surface area contributed by atoms with Crippen LogP contribution in [0, 0.1) is 0 Å². The highest BCUT2D eigenvalue weighted by Gasteiger charge is 2.09. The number of benzene rings is 1. The van der Waals surface area contributed by atoms with Crippen molar-refractivity contribution >= 4 is 27.5 Å². The van der Waals surface area contributed by atoms with Gasteiger partial charge in [-0.1, -0.05) is 12.1 Å². The zero-order valence-electron chi connectivity index (χ0n) is 10.1. The predicted molar refractivity (Wildman–Crippen MR) is 73.5 cm³/mol. The molecule has 0 spiro atoms. The molecule has 0 aliphatic carbocycles. The van der Waals surface area contributed by atoms with Crippen molar-refractivity contribution in [3.8, 4) is 0 Å². The lowest BCUT2D eigenvalue weighted by Crippen LogP contribution is -2.41. The number of methoxy groups -OCH3 is 1. The van der Waals surface area contributed by atoms with E-state index in [9.17, 15) is 4.79 Å². The van der Waals surface area contributed by atoms with Crippen molar-refractivity contribution in [3.63, 3.8) is 0 Å². The van der Waals surface area contributed by atoms with Gasteiger partial charge in [0.1, 0.15) is 0 Å². The van der Waals surface area contributed by atoms with Crippen LogP contribution in [0.4, 0.5) is 5.69 Å². The topological polar surface area (TPSA) is 70.6 Å². The Hall–Kier alpha value is -0.950. The van der Waals surface area contributed by atoms with Crippen LogP contribution in [0.15, 0.2) is 28.7 Å². The Kier molecular flexibility index (Phi) is 6.89. The van der Waals surface area contributed by atoms with Gasteiger partial charge in [0.2, 0.25) is 5.91 Å². The van der Waals surface area contributed by atoms with Gasteiger partial charge in [0.15, 0.2) is 0 Å². The van der Waals surface area contributed by atoms with Crippen molar-refractivity contribution < 1.29 is 14.6 Å². The Balaban J connectivity index is 2.40. The molecule has 6 heteroatoms. The average Bonchev–Trinajstić information content (AvgIpc) is 2.37. The van der Waals surface area contributed by atoms with Gasteiger partial charge in [0, 0.05) is 11.6 Å². The van der Waals surface area contributed by atoms with Crippen LogP contribution in [0.25, 0.3) is 0 Å². The largest absolute Gasteiger partial charge is 0.395 e. The van der Waals surface area contributed by atoms with E-state index in [4.69, 9.17) is 9.84 Å². The quantitative estimate of drug-likeness (QED) is 0.701. The van der Waals surface area contributed by atoms with Gasteiger partial charge in [-0.05, 0) is 28.1 Å². The van der Waals surface area contributed by atoms with Crippen LogP contribution in [-0.4, -0.2) is 43.9 Å². The highest BCUT2D eigenvalue weighted by Crippen LogP contribution is 2.20. The van der Waals surface area contributed by atoms with E-state index in [1.165, 1.54) is 0 Å². The summed E-state index contributed by atoms with van der Waals surface area (Å²) in [4.78, 5) is 11.7. The fraction of sp³-hybridized carbons (Fsp3) is 0.417. The molecule has 0 aliphatic rings. The summed E-state index contributed by atoms with van der Waals surface area (Å²) in [6, 6.07) is 7.14. The molecule has 1 rings (SSSR count). The van der Waals surface area contributed by atoms with Crippen molar-refractivity contribution in [1.29, 1.82) is 0 Å². The van der Waals surface area contributed by atoms with Gasteiger partial charge >= 0.3 is 0 Å². The first-order valence-electron chi connectivity index (χ1n) is 5.55. The van der Waals surface area contributed by atoms with Gasteiger partial charge in [-0.15, -0.1) is 0 Å². The Labute approximate surface area is 115 Å². The Bertz CT molecular complexity index is 387. The minimum Gasteiger partial charge on any atom is -0.395 e. The SMILES string of the molecule is COCC(CO)NCC(=O)Nc1ccccc1Br.